The third-order valence-corrected chi connectivity index (χ3v) is 2.74. The molecule has 0 radical (unpaired) electrons. The maximum absolute atomic E-state index is 12.5. The maximum atomic E-state index is 12.5. The van der Waals surface area contributed by atoms with Gasteiger partial charge in [-0.15, -0.1) is 0 Å². The van der Waals surface area contributed by atoms with Crippen molar-refractivity contribution in [3.8, 4) is 22.6 Å². The number of para-hydroxylation sites is 1. The quantitative estimate of drug-likeness (QED) is 0.889. The second-order valence-corrected chi connectivity index (χ2v) is 3.93. The zero-order valence-corrected chi connectivity index (χ0v) is 10.0. The zero-order valence-electron chi connectivity index (χ0n) is 10.0. The molecule has 0 saturated heterocycles. The second kappa shape index (κ2) is 4.84. The zero-order chi connectivity index (χ0) is 14.0. The number of aromatic hydroxyl groups is 1. The molecule has 2 aromatic rings. The van der Waals surface area contributed by atoms with Crippen molar-refractivity contribution < 1.29 is 23.0 Å². The molecule has 0 aliphatic carbocycles. The monoisotopic (exact) mass is 268 g/mol. The Morgan fingerprint density at radius 2 is 1.63 bits per heavy atom. The van der Waals surface area contributed by atoms with Crippen LogP contribution in [-0.4, -0.2) is 12.2 Å². The molecule has 0 unspecified atom stereocenters. The largest absolute Gasteiger partial charge is 0.504 e. The Morgan fingerprint density at radius 1 is 1.00 bits per heavy atom. The summed E-state index contributed by atoms with van der Waals surface area (Å²) in [5.74, 6) is 0.183. The third-order valence-electron chi connectivity index (χ3n) is 2.74. The van der Waals surface area contributed by atoms with E-state index in [0.29, 0.717) is 11.1 Å². The van der Waals surface area contributed by atoms with Gasteiger partial charge in [-0.1, -0.05) is 24.3 Å². The standard InChI is InChI=1S/C14H11F3O2/c1-19-12-4-2-3-11(13(12)18)9-5-7-10(8-6-9)14(15,16)17/h2-8,18H,1H3. The minimum atomic E-state index is -4.37. The van der Waals surface area contributed by atoms with E-state index in [1.54, 1.807) is 18.2 Å². The molecular weight excluding hydrogens is 257 g/mol. The predicted molar refractivity (Wildman–Crippen MR) is 65.1 cm³/mol. The Bertz CT molecular complexity index is 574. The highest BCUT2D eigenvalue weighted by atomic mass is 19.4. The maximum Gasteiger partial charge on any atom is 0.416 e. The summed E-state index contributed by atoms with van der Waals surface area (Å²) in [6, 6.07) is 9.44. The number of ether oxygens (including phenoxy) is 1. The van der Waals surface area contributed by atoms with Crippen molar-refractivity contribution in [3.63, 3.8) is 0 Å². The van der Waals surface area contributed by atoms with Gasteiger partial charge in [0.25, 0.3) is 0 Å². The van der Waals surface area contributed by atoms with Crippen LogP contribution in [0.15, 0.2) is 42.5 Å². The molecule has 0 aromatic heterocycles. The molecule has 0 aliphatic rings. The molecule has 2 nitrogen and oxygen atoms in total. The molecule has 0 bridgehead atoms. The molecule has 0 amide bonds. The van der Waals surface area contributed by atoms with Gasteiger partial charge < -0.3 is 9.84 Å². The van der Waals surface area contributed by atoms with E-state index in [9.17, 15) is 18.3 Å². The van der Waals surface area contributed by atoms with E-state index in [1.165, 1.54) is 19.2 Å². The van der Waals surface area contributed by atoms with E-state index in [2.05, 4.69) is 0 Å². The average molecular weight is 268 g/mol. The van der Waals surface area contributed by atoms with Crippen molar-refractivity contribution in [2.45, 2.75) is 6.18 Å². The van der Waals surface area contributed by atoms with Crippen LogP contribution < -0.4 is 4.74 Å². The minimum absolute atomic E-state index is 0.0928. The molecule has 5 heteroatoms. The Kier molecular flexibility index (Phi) is 3.38. The van der Waals surface area contributed by atoms with Gasteiger partial charge in [-0.25, -0.2) is 0 Å². The van der Waals surface area contributed by atoms with Gasteiger partial charge in [0.15, 0.2) is 11.5 Å². The van der Waals surface area contributed by atoms with Crippen molar-refractivity contribution in [1.82, 2.24) is 0 Å². The number of halogens is 3. The fraction of sp³-hybridized carbons (Fsp3) is 0.143. The van der Waals surface area contributed by atoms with Crippen molar-refractivity contribution in [3.05, 3.63) is 48.0 Å². The van der Waals surface area contributed by atoms with Crippen molar-refractivity contribution in [1.29, 1.82) is 0 Å². The van der Waals surface area contributed by atoms with E-state index in [-0.39, 0.29) is 11.5 Å². The first-order chi connectivity index (χ1) is 8.93. The summed E-state index contributed by atoms with van der Waals surface area (Å²) in [5.41, 5.74) is 0.191. The average Bonchev–Trinajstić information content (AvgIpc) is 2.38. The molecule has 19 heavy (non-hydrogen) atoms. The summed E-state index contributed by atoms with van der Waals surface area (Å²) >= 11 is 0. The second-order valence-electron chi connectivity index (χ2n) is 3.93. The van der Waals surface area contributed by atoms with E-state index >= 15 is 0 Å². The van der Waals surface area contributed by atoms with E-state index in [1.807, 2.05) is 0 Å². The van der Waals surface area contributed by atoms with Crippen LogP contribution in [0.2, 0.25) is 0 Å². The van der Waals surface area contributed by atoms with Gasteiger partial charge in [0.1, 0.15) is 0 Å². The molecule has 1 N–H and O–H groups in total. The fourth-order valence-electron chi connectivity index (χ4n) is 1.76. The number of phenolic OH excluding ortho intramolecular Hbond substituents is 1. The lowest BCUT2D eigenvalue weighted by Crippen LogP contribution is -2.03. The van der Waals surface area contributed by atoms with Crippen molar-refractivity contribution >= 4 is 0 Å². The highest BCUT2D eigenvalue weighted by Gasteiger charge is 2.30. The SMILES string of the molecule is COc1cccc(-c2ccc(C(F)(F)F)cc2)c1O. The molecule has 0 aliphatic heterocycles. The molecule has 0 fully saturated rings. The van der Waals surface area contributed by atoms with Gasteiger partial charge in [-0.05, 0) is 23.8 Å². The van der Waals surface area contributed by atoms with Crippen LogP contribution in [0.5, 0.6) is 11.5 Å². The van der Waals surface area contributed by atoms with Crippen LogP contribution in [0.25, 0.3) is 11.1 Å². The highest BCUT2D eigenvalue weighted by molar-refractivity contribution is 5.73. The number of benzene rings is 2. The van der Waals surface area contributed by atoms with Crippen LogP contribution >= 0.6 is 0 Å². The van der Waals surface area contributed by atoms with Crippen LogP contribution in [0.3, 0.4) is 0 Å². The van der Waals surface area contributed by atoms with Crippen molar-refractivity contribution in [2.24, 2.45) is 0 Å². The first-order valence-electron chi connectivity index (χ1n) is 5.47. The minimum Gasteiger partial charge on any atom is -0.504 e. The Morgan fingerprint density at radius 3 is 2.16 bits per heavy atom. The summed E-state index contributed by atoms with van der Waals surface area (Å²) in [4.78, 5) is 0. The van der Waals surface area contributed by atoms with Crippen LogP contribution in [0, 0.1) is 0 Å². The summed E-state index contributed by atoms with van der Waals surface area (Å²) in [6.45, 7) is 0. The molecule has 2 aromatic carbocycles. The molecular formula is C14H11F3O2. The Labute approximate surface area is 108 Å². The van der Waals surface area contributed by atoms with E-state index < -0.39 is 11.7 Å². The van der Waals surface area contributed by atoms with Gasteiger partial charge in [0.2, 0.25) is 0 Å². The first kappa shape index (κ1) is 13.3. The molecule has 0 spiro atoms. The van der Waals surface area contributed by atoms with Gasteiger partial charge in [0, 0.05) is 5.56 Å². The number of rotatable bonds is 2. The summed E-state index contributed by atoms with van der Waals surface area (Å²) in [5, 5.41) is 9.92. The summed E-state index contributed by atoms with van der Waals surface area (Å²) < 4.78 is 42.3. The lowest BCUT2D eigenvalue weighted by molar-refractivity contribution is -0.137. The molecule has 0 atom stereocenters. The van der Waals surface area contributed by atoms with Gasteiger partial charge in [-0.2, -0.15) is 13.2 Å². The van der Waals surface area contributed by atoms with Gasteiger partial charge in [-0.3, -0.25) is 0 Å². The molecule has 0 heterocycles. The summed E-state index contributed by atoms with van der Waals surface area (Å²) in [7, 11) is 1.41. The topological polar surface area (TPSA) is 29.5 Å². The number of hydrogen-bond acceptors (Lipinski definition) is 2. The van der Waals surface area contributed by atoms with Gasteiger partial charge in [0.05, 0.1) is 12.7 Å². The predicted octanol–water partition coefficient (Wildman–Crippen LogP) is 4.09. The van der Waals surface area contributed by atoms with Gasteiger partial charge >= 0.3 is 6.18 Å². The number of phenols is 1. The van der Waals surface area contributed by atoms with Crippen LogP contribution in [0.1, 0.15) is 5.56 Å². The summed E-state index contributed by atoms with van der Waals surface area (Å²) in [6.07, 6.45) is -4.37. The highest BCUT2D eigenvalue weighted by Crippen LogP contribution is 2.38. The number of methoxy groups -OCH3 is 1. The molecule has 0 saturated carbocycles. The normalized spacial score (nSPS) is 11.4. The number of hydrogen-bond donors (Lipinski definition) is 1. The Hall–Kier alpha value is -2.17. The Balaban J connectivity index is 2.43. The fourth-order valence-corrected chi connectivity index (χ4v) is 1.76. The lowest BCUT2D eigenvalue weighted by atomic mass is 10.0. The number of alkyl halides is 3. The van der Waals surface area contributed by atoms with Crippen molar-refractivity contribution in [2.75, 3.05) is 7.11 Å². The van der Waals surface area contributed by atoms with Crippen LogP contribution in [-0.2, 0) is 6.18 Å². The molecule has 2 rings (SSSR count). The third kappa shape index (κ3) is 2.65. The van der Waals surface area contributed by atoms with Crippen LogP contribution in [0.4, 0.5) is 13.2 Å². The first-order valence-corrected chi connectivity index (χ1v) is 5.47. The molecule has 100 valence electrons. The smallest absolute Gasteiger partial charge is 0.416 e. The van der Waals surface area contributed by atoms with E-state index in [4.69, 9.17) is 4.74 Å². The van der Waals surface area contributed by atoms with E-state index in [0.717, 1.165) is 12.1 Å². The lowest BCUT2D eigenvalue weighted by Gasteiger charge is -2.10.